The van der Waals surface area contributed by atoms with Crippen LogP contribution in [0.25, 0.3) is 0 Å². The maximum atomic E-state index is 12.8. The highest BCUT2D eigenvalue weighted by Crippen LogP contribution is 2.42. The molecule has 128 valence electrons. The monoisotopic (exact) mass is 349 g/mol. The standard InChI is InChI=1S/C15H18F3N3O.ClH/c1-10-8-11(15(16,17)18)9-20-12(10)21-7-4-14(13(21)22)2-5-19-6-3-14;/h8-9,19H,2-7H2,1H3;1H. The Hall–Kier alpha value is -1.34. The van der Waals surface area contributed by atoms with Gasteiger partial charge in [-0.05, 0) is 50.9 Å². The number of rotatable bonds is 1. The molecule has 0 radical (unpaired) electrons. The van der Waals surface area contributed by atoms with Crippen molar-refractivity contribution in [2.24, 2.45) is 5.41 Å². The van der Waals surface area contributed by atoms with Gasteiger partial charge >= 0.3 is 6.18 Å². The van der Waals surface area contributed by atoms with Crippen LogP contribution in [0.15, 0.2) is 12.3 Å². The molecule has 0 atom stereocenters. The fourth-order valence-electron chi connectivity index (χ4n) is 3.40. The van der Waals surface area contributed by atoms with Crippen LogP contribution in [-0.2, 0) is 11.0 Å². The predicted molar refractivity (Wildman–Crippen MR) is 82.7 cm³/mol. The molecule has 4 nitrogen and oxygen atoms in total. The quantitative estimate of drug-likeness (QED) is 0.848. The van der Waals surface area contributed by atoms with E-state index in [1.54, 1.807) is 11.8 Å². The number of amides is 1. The Labute approximate surface area is 138 Å². The number of nitrogens with one attached hydrogen (secondary N) is 1. The van der Waals surface area contributed by atoms with Gasteiger partial charge in [0.05, 0.1) is 11.0 Å². The summed E-state index contributed by atoms with van der Waals surface area (Å²) in [5.41, 5.74) is -0.756. The van der Waals surface area contributed by atoms with Crippen LogP contribution < -0.4 is 10.2 Å². The number of aromatic nitrogens is 1. The molecule has 0 aliphatic carbocycles. The van der Waals surface area contributed by atoms with Crippen LogP contribution in [0.3, 0.4) is 0 Å². The van der Waals surface area contributed by atoms with Crippen LogP contribution >= 0.6 is 12.4 Å². The van der Waals surface area contributed by atoms with Crippen LogP contribution in [0.4, 0.5) is 19.0 Å². The lowest BCUT2D eigenvalue weighted by Gasteiger charge is -2.32. The second-order valence-electron chi connectivity index (χ2n) is 6.10. The van der Waals surface area contributed by atoms with E-state index in [0.29, 0.717) is 17.9 Å². The fraction of sp³-hybridized carbons (Fsp3) is 0.600. The van der Waals surface area contributed by atoms with Gasteiger partial charge in [-0.15, -0.1) is 12.4 Å². The molecule has 1 spiro atoms. The third kappa shape index (κ3) is 3.17. The molecule has 2 aliphatic heterocycles. The molecule has 2 aliphatic rings. The van der Waals surface area contributed by atoms with E-state index in [2.05, 4.69) is 10.3 Å². The summed E-state index contributed by atoms with van der Waals surface area (Å²) < 4.78 is 38.1. The molecule has 3 heterocycles. The minimum Gasteiger partial charge on any atom is -0.317 e. The van der Waals surface area contributed by atoms with Crippen molar-refractivity contribution in [1.82, 2.24) is 10.3 Å². The number of anilines is 1. The van der Waals surface area contributed by atoms with Crippen LogP contribution in [0.1, 0.15) is 30.4 Å². The van der Waals surface area contributed by atoms with Crippen LogP contribution in [0, 0.1) is 12.3 Å². The first kappa shape index (κ1) is 18.0. The van der Waals surface area contributed by atoms with E-state index in [-0.39, 0.29) is 23.7 Å². The normalized spacial score (nSPS) is 20.7. The van der Waals surface area contributed by atoms with E-state index in [4.69, 9.17) is 0 Å². The minimum absolute atomic E-state index is 0. The van der Waals surface area contributed by atoms with Crippen molar-refractivity contribution in [3.8, 4) is 0 Å². The highest BCUT2D eigenvalue weighted by molar-refractivity contribution is 5.99. The molecule has 8 heteroatoms. The van der Waals surface area contributed by atoms with Crippen LogP contribution in [0.2, 0.25) is 0 Å². The van der Waals surface area contributed by atoms with Gasteiger partial charge in [-0.2, -0.15) is 13.2 Å². The van der Waals surface area contributed by atoms with Gasteiger partial charge in [0.1, 0.15) is 5.82 Å². The molecular formula is C15H19ClF3N3O. The molecule has 3 rings (SSSR count). The molecule has 0 saturated carbocycles. The van der Waals surface area contributed by atoms with E-state index < -0.39 is 11.7 Å². The Bertz CT molecular complexity index is 600. The van der Waals surface area contributed by atoms with Gasteiger partial charge in [0.15, 0.2) is 0 Å². The average Bonchev–Trinajstić information content (AvgIpc) is 2.76. The smallest absolute Gasteiger partial charge is 0.317 e. The summed E-state index contributed by atoms with van der Waals surface area (Å²) in [5.74, 6) is 0.359. The Morgan fingerprint density at radius 3 is 2.48 bits per heavy atom. The number of nitrogens with zero attached hydrogens (tertiary/aromatic N) is 2. The molecule has 1 amide bonds. The summed E-state index contributed by atoms with van der Waals surface area (Å²) in [7, 11) is 0. The lowest BCUT2D eigenvalue weighted by molar-refractivity contribution is -0.137. The van der Waals surface area contributed by atoms with Gasteiger partial charge in [0.2, 0.25) is 5.91 Å². The number of carbonyl (C=O) groups excluding carboxylic acids is 1. The third-order valence-corrected chi connectivity index (χ3v) is 4.71. The lowest BCUT2D eigenvalue weighted by atomic mass is 9.78. The maximum absolute atomic E-state index is 12.8. The Morgan fingerprint density at radius 2 is 1.91 bits per heavy atom. The van der Waals surface area contributed by atoms with E-state index in [1.807, 2.05) is 0 Å². The summed E-state index contributed by atoms with van der Waals surface area (Å²) in [6.45, 7) is 3.70. The summed E-state index contributed by atoms with van der Waals surface area (Å²) in [6.07, 6.45) is -1.30. The summed E-state index contributed by atoms with van der Waals surface area (Å²) >= 11 is 0. The summed E-state index contributed by atoms with van der Waals surface area (Å²) in [4.78, 5) is 18.2. The lowest BCUT2D eigenvalue weighted by Crippen LogP contribution is -2.43. The number of piperidine rings is 1. The zero-order valence-electron chi connectivity index (χ0n) is 12.7. The van der Waals surface area contributed by atoms with Crippen molar-refractivity contribution in [1.29, 1.82) is 0 Å². The van der Waals surface area contributed by atoms with E-state index in [0.717, 1.165) is 44.6 Å². The fourth-order valence-corrected chi connectivity index (χ4v) is 3.40. The first-order chi connectivity index (χ1) is 10.3. The van der Waals surface area contributed by atoms with Crippen molar-refractivity contribution in [3.05, 3.63) is 23.4 Å². The summed E-state index contributed by atoms with van der Waals surface area (Å²) in [5, 5.41) is 3.24. The minimum atomic E-state index is -4.42. The molecule has 1 N–H and O–H groups in total. The molecule has 0 unspecified atom stereocenters. The zero-order valence-corrected chi connectivity index (χ0v) is 13.6. The number of aryl methyl sites for hydroxylation is 1. The maximum Gasteiger partial charge on any atom is 0.417 e. The van der Waals surface area contributed by atoms with Gasteiger partial charge in [-0.25, -0.2) is 4.98 Å². The van der Waals surface area contributed by atoms with Gasteiger partial charge in [-0.1, -0.05) is 0 Å². The van der Waals surface area contributed by atoms with E-state index >= 15 is 0 Å². The average molecular weight is 350 g/mol. The number of alkyl halides is 3. The van der Waals surface area contributed by atoms with Gasteiger partial charge in [0.25, 0.3) is 0 Å². The second kappa shape index (κ2) is 6.28. The Morgan fingerprint density at radius 1 is 1.26 bits per heavy atom. The molecule has 0 aromatic carbocycles. The van der Waals surface area contributed by atoms with Crippen molar-refractivity contribution < 1.29 is 18.0 Å². The molecule has 2 saturated heterocycles. The highest BCUT2D eigenvalue weighted by Gasteiger charge is 2.48. The van der Waals surface area contributed by atoms with Crippen LogP contribution in [0.5, 0.6) is 0 Å². The number of pyridine rings is 1. The highest BCUT2D eigenvalue weighted by atomic mass is 35.5. The number of hydrogen-bond acceptors (Lipinski definition) is 3. The van der Waals surface area contributed by atoms with Crippen molar-refractivity contribution in [3.63, 3.8) is 0 Å². The molecule has 23 heavy (non-hydrogen) atoms. The zero-order chi connectivity index (χ0) is 16.0. The topological polar surface area (TPSA) is 45.2 Å². The molecule has 1 aromatic heterocycles. The van der Waals surface area contributed by atoms with E-state index in [9.17, 15) is 18.0 Å². The number of hydrogen-bond donors (Lipinski definition) is 1. The predicted octanol–water partition coefficient (Wildman–Crippen LogP) is 2.94. The third-order valence-electron chi connectivity index (χ3n) is 4.71. The first-order valence-corrected chi connectivity index (χ1v) is 7.40. The van der Waals surface area contributed by atoms with Gasteiger partial charge < -0.3 is 5.32 Å². The first-order valence-electron chi connectivity index (χ1n) is 7.40. The van der Waals surface area contributed by atoms with E-state index in [1.165, 1.54) is 0 Å². The number of carbonyl (C=O) groups is 1. The SMILES string of the molecule is Cc1cc(C(F)(F)F)cnc1N1CCC2(CCNCC2)C1=O.Cl. The summed E-state index contributed by atoms with van der Waals surface area (Å²) in [6, 6.07) is 1.06. The van der Waals surface area contributed by atoms with Crippen LogP contribution in [-0.4, -0.2) is 30.5 Å². The van der Waals surface area contributed by atoms with Crippen molar-refractivity contribution in [2.45, 2.75) is 32.4 Å². The van der Waals surface area contributed by atoms with Gasteiger partial charge in [0, 0.05) is 12.7 Å². The second-order valence-corrected chi connectivity index (χ2v) is 6.10. The molecular weight excluding hydrogens is 331 g/mol. The largest absolute Gasteiger partial charge is 0.417 e. The molecule has 2 fully saturated rings. The van der Waals surface area contributed by atoms with Gasteiger partial charge in [-0.3, -0.25) is 9.69 Å². The van der Waals surface area contributed by atoms with Crippen molar-refractivity contribution in [2.75, 3.05) is 24.5 Å². The Kier molecular flexibility index (Phi) is 4.92. The molecule has 1 aromatic rings. The molecule has 0 bridgehead atoms. The Balaban J connectivity index is 0.00000192. The van der Waals surface area contributed by atoms with Crippen molar-refractivity contribution >= 4 is 24.1 Å². The number of halogens is 4.